The minimum Gasteiger partial charge on any atom is -0.485 e. The minimum atomic E-state index is -1.65. The number of carboxylic acid groups (broad SMARTS) is 1. The first kappa shape index (κ1) is 24.5. The molecule has 2 aromatic carbocycles. The molecule has 4 rings (SSSR count). The normalized spacial score (nSPS) is 10.5. The van der Waals surface area contributed by atoms with Crippen LogP contribution in [-0.4, -0.2) is 26.0 Å². The number of halogens is 3. The number of carboxylic acids is 1. The molecule has 0 atom stereocenters. The highest BCUT2D eigenvalue weighted by Crippen LogP contribution is 2.38. The molecule has 36 heavy (non-hydrogen) atoms. The average Bonchev–Trinajstić information content (AvgIpc) is 2.89. The van der Waals surface area contributed by atoms with E-state index in [4.69, 9.17) is 14.6 Å². The summed E-state index contributed by atoms with van der Waals surface area (Å²) in [7, 11) is 0. The lowest BCUT2D eigenvalue weighted by Crippen LogP contribution is -2.04. The SMILES string of the molecule is N#Cc1ccc(OCc2ccccc2)c(Oc2nc(F)c(F)c(Sc3ncc(C(=O)O)cn3)c2F)c1. The molecule has 0 aliphatic carbocycles. The van der Waals surface area contributed by atoms with Crippen molar-refractivity contribution < 1.29 is 32.5 Å². The molecule has 4 aromatic rings. The third kappa shape index (κ3) is 5.53. The molecular weight excluding hydrogens is 497 g/mol. The molecule has 2 aromatic heterocycles. The molecular formula is C24H13F3N4O4S. The molecule has 0 saturated carbocycles. The molecule has 0 bridgehead atoms. The Morgan fingerprint density at radius 2 is 1.75 bits per heavy atom. The van der Waals surface area contributed by atoms with Crippen LogP contribution in [0.3, 0.4) is 0 Å². The largest absolute Gasteiger partial charge is 0.485 e. The molecule has 8 nitrogen and oxygen atoms in total. The maximum atomic E-state index is 15.2. The number of aromatic nitrogens is 3. The molecule has 180 valence electrons. The van der Waals surface area contributed by atoms with Crippen LogP contribution in [0.2, 0.25) is 0 Å². The van der Waals surface area contributed by atoms with Crippen LogP contribution in [-0.2, 0) is 6.61 Å². The molecule has 0 aliphatic rings. The van der Waals surface area contributed by atoms with Gasteiger partial charge in [-0.15, -0.1) is 0 Å². The molecule has 0 aliphatic heterocycles. The average molecular weight is 510 g/mol. The van der Waals surface area contributed by atoms with Crippen LogP contribution >= 0.6 is 11.8 Å². The second kappa shape index (κ2) is 10.7. The fraction of sp³-hybridized carbons (Fsp3) is 0.0417. The van der Waals surface area contributed by atoms with E-state index >= 15 is 4.39 Å². The second-order valence-corrected chi connectivity index (χ2v) is 7.95. The number of pyridine rings is 1. The van der Waals surface area contributed by atoms with Gasteiger partial charge in [0, 0.05) is 18.5 Å². The number of ether oxygens (including phenoxy) is 2. The van der Waals surface area contributed by atoms with Crippen molar-refractivity contribution in [1.29, 1.82) is 5.26 Å². The van der Waals surface area contributed by atoms with E-state index in [1.165, 1.54) is 18.2 Å². The summed E-state index contributed by atoms with van der Waals surface area (Å²) in [5, 5.41) is 17.9. The molecule has 0 unspecified atom stereocenters. The summed E-state index contributed by atoms with van der Waals surface area (Å²) in [4.78, 5) is 20.7. The number of carbonyl (C=O) groups is 1. The van der Waals surface area contributed by atoms with E-state index in [0.717, 1.165) is 18.0 Å². The monoisotopic (exact) mass is 510 g/mol. The summed E-state index contributed by atoms with van der Waals surface area (Å²) in [6.07, 6.45) is 1.87. The van der Waals surface area contributed by atoms with E-state index < -0.39 is 34.3 Å². The fourth-order valence-corrected chi connectivity index (χ4v) is 3.56. The van der Waals surface area contributed by atoms with E-state index in [9.17, 15) is 18.8 Å². The highest BCUT2D eigenvalue weighted by molar-refractivity contribution is 7.99. The first-order chi connectivity index (χ1) is 17.4. The van der Waals surface area contributed by atoms with Gasteiger partial charge >= 0.3 is 5.97 Å². The van der Waals surface area contributed by atoms with E-state index in [2.05, 4.69) is 15.0 Å². The first-order valence-electron chi connectivity index (χ1n) is 10.0. The van der Waals surface area contributed by atoms with Crippen LogP contribution in [0.5, 0.6) is 17.4 Å². The van der Waals surface area contributed by atoms with Gasteiger partial charge in [-0.25, -0.2) is 19.2 Å². The van der Waals surface area contributed by atoms with Crippen LogP contribution in [0.25, 0.3) is 0 Å². The van der Waals surface area contributed by atoms with Crippen molar-refractivity contribution in [2.24, 2.45) is 0 Å². The Morgan fingerprint density at radius 1 is 1.03 bits per heavy atom. The molecule has 12 heteroatoms. The summed E-state index contributed by atoms with van der Waals surface area (Å²) in [6.45, 7) is 0.113. The summed E-state index contributed by atoms with van der Waals surface area (Å²) in [5.74, 6) is -6.88. The van der Waals surface area contributed by atoms with Crippen LogP contribution in [0, 0.1) is 28.9 Å². The van der Waals surface area contributed by atoms with Gasteiger partial charge in [-0.05, 0) is 29.5 Å². The van der Waals surface area contributed by atoms with Gasteiger partial charge in [0.05, 0.1) is 22.1 Å². The van der Waals surface area contributed by atoms with Crippen LogP contribution in [0.1, 0.15) is 21.5 Å². The van der Waals surface area contributed by atoms with Gasteiger partial charge in [-0.2, -0.15) is 19.0 Å². The van der Waals surface area contributed by atoms with Crippen molar-refractivity contribution in [2.45, 2.75) is 16.7 Å². The second-order valence-electron chi connectivity index (χ2n) is 6.98. The Kier molecular flexibility index (Phi) is 7.31. The number of hydrogen-bond acceptors (Lipinski definition) is 8. The lowest BCUT2D eigenvalue weighted by molar-refractivity contribution is 0.0695. The van der Waals surface area contributed by atoms with Crippen LogP contribution < -0.4 is 9.47 Å². The smallest absolute Gasteiger partial charge is 0.338 e. The van der Waals surface area contributed by atoms with Gasteiger partial charge in [-0.1, -0.05) is 30.3 Å². The predicted octanol–water partition coefficient (Wildman–Crippen LogP) is 5.38. The van der Waals surface area contributed by atoms with E-state index in [1.807, 2.05) is 36.4 Å². The molecule has 2 heterocycles. The zero-order valence-electron chi connectivity index (χ0n) is 18.0. The van der Waals surface area contributed by atoms with Gasteiger partial charge in [0.15, 0.2) is 22.5 Å². The Balaban J connectivity index is 1.65. The molecule has 0 spiro atoms. The lowest BCUT2D eigenvalue weighted by atomic mass is 10.2. The van der Waals surface area contributed by atoms with Crippen molar-refractivity contribution in [3.05, 3.63) is 95.2 Å². The Morgan fingerprint density at radius 3 is 2.42 bits per heavy atom. The quantitative estimate of drug-likeness (QED) is 0.246. The van der Waals surface area contributed by atoms with E-state index in [-0.39, 0.29) is 34.4 Å². The van der Waals surface area contributed by atoms with Gasteiger partial charge in [0.2, 0.25) is 5.82 Å². The Bertz CT molecular complexity index is 1470. The number of hydrogen-bond donors (Lipinski definition) is 1. The minimum absolute atomic E-state index is 0.102. The van der Waals surface area contributed by atoms with Crippen LogP contribution in [0.15, 0.2) is 71.0 Å². The number of nitrogens with zero attached hydrogens (tertiary/aromatic N) is 4. The third-order valence-electron chi connectivity index (χ3n) is 4.55. The topological polar surface area (TPSA) is 118 Å². The third-order valence-corrected chi connectivity index (χ3v) is 5.51. The molecule has 0 saturated heterocycles. The summed E-state index contributed by atoms with van der Waals surface area (Å²) >= 11 is 0.311. The number of aromatic carboxylic acids is 1. The van der Waals surface area contributed by atoms with Crippen molar-refractivity contribution in [2.75, 3.05) is 0 Å². The summed E-state index contributed by atoms with van der Waals surface area (Å²) < 4.78 is 55.0. The van der Waals surface area contributed by atoms with Gasteiger partial charge in [0.1, 0.15) is 6.61 Å². The van der Waals surface area contributed by atoms with Crippen molar-refractivity contribution >= 4 is 17.7 Å². The molecule has 0 radical (unpaired) electrons. The van der Waals surface area contributed by atoms with Crippen molar-refractivity contribution in [3.63, 3.8) is 0 Å². The molecule has 0 amide bonds. The first-order valence-corrected chi connectivity index (χ1v) is 10.8. The number of rotatable bonds is 8. The van der Waals surface area contributed by atoms with Crippen LogP contribution in [0.4, 0.5) is 13.2 Å². The maximum absolute atomic E-state index is 15.2. The van der Waals surface area contributed by atoms with Crippen molar-refractivity contribution in [3.8, 4) is 23.4 Å². The van der Waals surface area contributed by atoms with E-state index in [1.54, 1.807) is 0 Å². The van der Waals surface area contributed by atoms with Gasteiger partial charge in [-0.3, -0.25) is 0 Å². The predicted molar refractivity (Wildman–Crippen MR) is 119 cm³/mol. The number of nitriles is 1. The standard InChI is InChI=1S/C24H13F3N4O4S/c25-18-20(36-24-29-10-15(11-30-24)23(32)33)19(26)22(31-21(18)27)35-17-8-14(9-28)6-7-16(17)34-12-13-4-2-1-3-5-13/h1-8,10-11H,12H2,(H,32,33). The summed E-state index contributed by atoms with van der Waals surface area (Å²) in [6, 6.07) is 15.1. The Hall–Kier alpha value is -4.63. The highest BCUT2D eigenvalue weighted by Gasteiger charge is 2.25. The maximum Gasteiger partial charge on any atom is 0.338 e. The Labute approximate surface area is 206 Å². The molecule has 1 N–H and O–H groups in total. The highest BCUT2D eigenvalue weighted by atomic mass is 32.2. The molecule has 0 fully saturated rings. The number of benzene rings is 2. The zero-order chi connectivity index (χ0) is 25.7. The zero-order valence-corrected chi connectivity index (χ0v) is 18.8. The summed E-state index contributed by atoms with van der Waals surface area (Å²) in [5.41, 5.74) is 0.713. The van der Waals surface area contributed by atoms with Gasteiger partial charge < -0.3 is 14.6 Å². The lowest BCUT2D eigenvalue weighted by Gasteiger charge is -2.14. The van der Waals surface area contributed by atoms with E-state index in [0.29, 0.717) is 11.8 Å². The van der Waals surface area contributed by atoms with Gasteiger partial charge in [0.25, 0.3) is 11.8 Å². The van der Waals surface area contributed by atoms with Crippen molar-refractivity contribution in [1.82, 2.24) is 15.0 Å². The fourth-order valence-electron chi connectivity index (χ4n) is 2.82.